The van der Waals surface area contributed by atoms with Crippen molar-refractivity contribution in [2.45, 2.75) is 46.2 Å². The van der Waals surface area contributed by atoms with E-state index in [0.717, 1.165) is 6.42 Å². The van der Waals surface area contributed by atoms with Crippen LogP contribution in [-0.4, -0.2) is 20.7 Å². The first-order valence-electron chi connectivity index (χ1n) is 5.45. The van der Waals surface area contributed by atoms with Crippen LogP contribution in [0.1, 0.15) is 40.2 Å². The molecule has 0 fully saturated rings. The predicted octanol–water partition coefficient (Wildman–Crippen LogP) is 2.58. The molecule has 1 rings (SSSR count). The third-order valence-electron chi connectivity index (χ3n) is 2.43. The van der Waals surface area contributed by atoms with Crippen LogP contribution in [0.2, 0.25) is 0 Å². The maximum atomic E-state index is 10.8. The molecule has 1 atom stereocenters. The summed E-state index contributed by atoms with van der Waals surface area (Å²) in [6.07, 6.45) is 2.36. The van der Waals surface area contributed by atoms with Crippen molar-refractivity contribution in [1.82, 2.24) is 9.78 Å². The van der Waals surface area contributed by atoms with Gasteiger partial charge in [-0.3, -0.25) is 14.8 Å². The summed E-state index contributed by atoms with van der Waals surface area (Å²) < 4.78 is 1.60. The number of aromatic nitrogens is 2. The quantitative estimate of drug-likeness (QED) is 0.618. The zero-order valence-corrected chi connectivity index (χ0v) is 10.1. The van der Waals surface area contributed by atoms with Crippen LogP contribution in [0.3, 0.4) is 0 Å². The summed E-state index contributed by atoms with van der Waals surface area (Å²) in [5, 5.41) is 18.1. The summed E-state index contributed by atoms with van der Waals surface area (Å²) in [7, 11) is 0. The number of nitro groups is 1. The molecule has 6 heteroatoms. The van der Waals surface area contributed by atoms with Crippen molar-refractivity contribution < 1.29 is 4.92 Å². The highest BCUT2D eigenvalue weighted by molar-refractivity contribution is 5.55. The minimum absolute atomic E-state index is 0.0361. The molecule has 0 bridgehead atoms. The van der Waals surface area contributed by atoms with Crippen molar-refractivity contribution >= 4 is 11.5 Å². The minimum atomic E-state index is -0.406. The van der Waals surface area contributed by atoms with Gasteiger partial charge in [0.15, 0.2) is 0 Å². The van der Waals surface area contributed by atoms with E-state index in [2.05, 4.69) is 10.4 Å². The molecule has 1 N–H and O–H groups in total. The molecule has 1 heterocycles. The lowest BCUT2D eigenvalue weighted by molar-refractivity contribution is -0.384. The average molecular weight is 226 g/mol. The number of anilines is 1. The van der Waals surface area contributed by atoms with Gasteiger partial charge in [-0.1, -0.05) is 6.92 Å². The Morgan fingerprint density at radius 2 is 2.19 bits per heavy atom. The van der Waals surface area contributed by atoms with Gasteiger partial charge in [-0.2, -0.15) is 0 Å². The molecule has 0 aliphatic rings. The molecule has 0 aliphatic carbocycles. The van der Waals surface area contributed by atoms with Gasteiger partial charge in [0.1, 0.15) is 6.20 Å². The lowest BCUT2D eigenvalue weighted by Crippen LogP contribution is -2.15. The van der Waals surface area contributed by atoms with Gasteiger partial charge in [-0.05, 0) is 27.2 Å². The fourth-order valence-corrected chi connectivity index (χ4v) is 1.22. The number of nitrogens with zero attached hydrogens (tertiary/aromatic N) is 3. The molecule has 0 radical (unpaired) electrons. The molecular formula is C10H18N4O2. The molecule has 16 heavy (non-hydrogen) atoms. The van der Waals surface area contributed by atoms with Gasteiger partial charge in [0.25, 0.3) is 0 Å². The molecule has 90 valence electrons. The van der Waals surface area contributed by atoms with Crippen LogP contribution in [0.5, 0.6) is 0 Å². The van der Waals surface area contributed by atoms with Crippen LogP contribution >= 0.6 is 0 Å². The fraction of sp³-hybridized carbons (Fsp3) is 0.700. The number of hydrogen-bond acceptors (Lipinski definition) is 4. The maximum Gasteiger partial charge on any atom is 0.330 e. The molecule has 0 spiro atoms. The van der Waals surface area contributed by atoms with Crippen LogP contribution in [0.25, 0.3) is 0 Å². The van der Waals surface area contributed by atoms with E-state index in [-0.39, 0.29) is 17.8 Å². The molecule has 0 saturated heterocycles. The summed E-state index contributed by atoms with van der Waals surface area (Å²) >= 11 is 0. The lowest BCUT2D eigenvalue weighted by atomic mass is 10.2. The first kappa shape index (κ1) is 12.5. The van der Waals surface area contributed by atoms with E-state index >= 15 is 0 Å². The molecule has 0 aromatic carbocycles. The Hall–Kier alpha value is -1.59. The van der Waals surface area contributed by atoms with E-state index in [0.29, 0.717) is 5.82 Å². The Balaban J connectivity index is 3.00. The topological polar surface area (TPSA) is 73.0 Å². The van der Waals surface area contributed by atoms with Crippen LogP contribution in [0.4, 0.5) is 11.5 Å². The molecule has 1 aromatic rings. The highest BCUT2D eigenvalue weighted by Gasteiger charge is 2.21. The van der Waals surface area contributed by atoms with Crippen molar-refractivity contribution in [2.24, 2.45) is 0 Å². The fourth-order valence-electron chi connectivity index (χ4n) is 1.22. The van der Waals surface area contributed by atoms with Crippen molar-refractivity contribution in [1.29, 1.82) is 0 Å². The molecule has 0 amide bonds. The summed E-state index contributed by atoms with van der Waals surface area (Å²) in [5.74, 6) is 0.355. The normalized spacial score (nSPS) is 12.8. The summed E-state index contributed by atoms with van der Waals surface area (Å²) in [6.45, 7) is 7.86. The molecule has 0 saturated carbocycles. The third-order valence-corrected chi connectivity index (χ3v) is 2.43. The first-order chi connectivity index (χ1) is 7.45. The van der Waals surface area contributed by atoms with E-state index < -0.39 is 4.92 Å². The smallest absolute Gasteiger partial charge is 0.330 e. The average Bonchev–Trinajstić information content (AvgIpc) is 2.61. The monoisotopic (exact) mass is 226 g/mol. The van der Waals surface area contributed by atoms with Crippen molar-refractivity contribution in [3.05, 3.63) is 16.3 Å². The Morgan fingerprint density at radius 1 is 1.56 bits per heavy atom. The van der Waals surface area contributed by atoms with Crippen LogP contribution in [0.15, 0.2) is 6.20 Å². The van der Waals surface area contributed by atoms with Gasteiger partial charge >= 0.3 is 5.69 Å². The van der Waals surface area contributed by atoms with E-state index in [1.807, 2.05) is 27.7 Å². The minimum Gasteiger partial charge on any atom is -0.360 e. The molecule has 6 nitrogen and oxygen atoms in total. The van der Waals surface area contributed by atoms with Gasteiger partial charge < -0.3 is 5.32 Å². The van der Waals surface area contributed by atoms with Crippen molar-refractivity contribution in [3.63, 3.8) is 0 Å². The number of hydrogen-bond donors (Lipinski definition) is 1. The number of nitrogens with one attached hydrogen (secondary N) is 1. The van der Waals surface area contributed by atoms with E-state index in [1.165, 1.54) is 6.20 Å². The molecule has 1 unspecified atom stereocenters. The molecular weight excluding hydrogens is 208 g/mol. The van der Waals surface area contributed by atoms with Gasteiger partial charge in [0.05, 0.1) is 4.92 Å². The highest BCUT2D eigenvalue weighted by atomic mass is 16.6. The Bertz CT molecular complexity index is 373. The van der Waals surface area contributed by atoms with Crippen LogP contribution < -0.4 is 5.32 Å². The SMILES string of the molecule is CCC(C)Nc1nn(C(C)C)cc1[N+](=O)[O-]. The second kappa shape index (κ2) is 4.96. The Morgan fingerprint density at radius 3 is 2.62 bits per heavy atom. The van der Waals surface area contributed by atoms with E-state index in [4.69, 9.17) is 0 Å². The molecule has 0 aliphatic heterocycles. The summed E-state index contributed by atoms with van der Waals surface area (Å²) in [5.41, 5.74) is 0.0361. The summed E-state index contributed by atoms with van der Waals surface area (Å²) in [6, 6.07) is 0.292. The summed E-state index contributed by atoms with van der Waals surface area (Å²) in [4.78, 5) is 10.4. The second-order valence-electron chi connectivity index (χ2n) is 4.15. The van der Waals surface area contributed by atoms with Crippen LogP contribution in [-0.2, 0) is 0 Å². The predicted molar refractivity (Wildman–Crippen MR) is 62.6 cm³/mol. The van der Waals surface area contributed by atoms with Gasteiger partial charge in [-0.15, -0.1) is 5.10 Å². The standard InChI is InChI=1S/C10H18N4O2/c1-5-8(4)11-10-9(14(15)16)6-13(12-10)7(2)3/h6-8H,5H2,1-4H3,(H,11,12). The second-order valence-corrected chi connectivity index (χ2v) is 4.15. The van der Waals surface area contributed by atoms with Gasteiger partial charge in [0, 0.05) is 12.1 Å². The van der Waals surface area contributed by atoms with Crippen molar-refractivity contribution in [2.75, 3.05) is 5.32 Å². The van der Waals surface area contributed by atoms with Crippen LogP contribution in [0, 0.1) is 10.1 Å². The lowest BCUT2D eigenvalue weighted by Gasteiger charge is -2.09. The third kappa shape index (κ3) is 2.71. The maximum absolute atomic E-state index is 10.8. The Labute approximate surface area is 94.8 Å². The highest BCUT2D eigenvalue weighted by Crippen LogP contribution is 2.24. The van der Waals surface area contributed by atoms with E-state index in [1.54, 1.807) is 4.68 Å². The zero-order chi connectivity index (χ0) is 12.3. The van der Waals surface area contributed by atoms with Crippen molar-refractivity contribution in [3.8, 4) is 0 Å². The molecule has 1 aromatic heterocycles. The zero-order valence-electron chi connectivity index (χ0n) is 10.1. The Kier molecular flexibility index (Phi) is 3.87. The van der Waals surface area contributed by atoms with Gasteiger partial charge in [-0.25, -0.2) is 0 Å². The number of rotatable bonds is 5. The van der Waals surface area contributed by atoms with E-state index in [9.17, 15) is 10.1 Å². The van der Waals surface area contributed by atoms with Gasteiger partial charge in [0.2, 0.25) is 5.82 Å². The first-order valence-corrected chi connectivity index (χ1v) is 5.45. The largest absolute Gasteiger partial charge is 0.360 e.